The van der Waals surface area contributed by atoms with Crippen LogP contribution in [0.1, 0.15) is 38.1 Å². The number of nitrogens with one attached hydrogen (secondary N) is 2. The van der Waals surface area contributed by atoms with Crippen LogP contribution >= 0.6 is 0 Å². The first-order chi connectivity index (χ1) is 18.6. The van der Waals surface area contributed by atoms with E-state index in [0.717, 1.165) is 15.7 Å². The molecule has 11 heteroatoms. The van der Waals surface area contributed by atoms with Crippen LogP contribution in [0, 0.1) is 12.7 Å². The van der Waals surface area contributed by atoms with Crippen LogP contribution in [0.15, 0.2) is 71.3 Å². The smallest absolute Gasteiger partial charge is 0.251 e. The Balaban J connectivity index is 1.58. The van der Waals surface area contributed by atoms with Crippen LogP contribution in [-0.2, 0) is 16.1 Å². The number of fused-ring (bicyclic) bond motifs is 1. The molecule has 0 saturated carbocycles. The number of anilines is 1. The number of benzene rings is 2. The van der Waals surface area contributed by atoms with Gasteiger partial charge in [0.2, 0.25) is 11.7 Å². The number of rotatable bonds is 7. The Bertz CT molecular complexity index is 1630. The van der Waals surface area contributed by atoms with Gasteiger partial charge < -0.3 is 14.7 Å². The molecule has 3 heterocycles. The zero-order valence-corrected chi connectivity index (χ0v) is 22.0. The highest BCUT2D eigenvalue weighted by Gasteiger charge is 2.36. The number of amides is 2. The minimum atomic E-state index is -1.09. The Morgan fingerprint density at radius 3 is 2.54 bits per heavy atom. The standard InChI is InChI=1S/C28H28FN7O3/c1-17-9-14-23(39-17)26-32-34-35(33-26)16-24(37)36(19-12-10-18(29)11-13-19)25(27(38)31-28(2,3)4)21-15-30-22-8-6-5-7-20(21)22/h5-15,25,30H,16H2,1-4H3,(H,31,38)/t25-/m0/s1. The van der Waals surface area contributed by atoms with Crippen molar-refractivity contribution in [3.8, 4) is 11.6 Å². The van der Waals surface area contributed by atoms with E-state index in [-0.39, 0.29) is 12.4 Å². The van der Waals surface area contributed by atoms with E-state index in [1.54, 1.807) is 25.3 Å². The topological polar surface area (TPSA) is 122 Å². The van der Waals surface area contributed by atoms with Crippen LogP contribution in [0.2, 0.25) is 0 Å². The van der Waals surface area contributed by atoms with E-state index in [1.807, 2.05) is 45.0 Å². The Morgan fingerprint density at radius 2 is 1.85 bits per heavy atom. The summed E-state index contributed by atoms with van der Waals surface area (Å²) in [6, 6.07) is 15.3. The molecule has 2 N–H and O–H groups in total. The number of hydrogen-bond acceptors (Lipinski definition) is 6. The van der Waals surface area contributed by atoms with E-state index >= 15 is 0 Å². The predicted octanol–water partition coefficient (Wildman–Crippen LogP) is 4.55. The summed E-state index contributed by atoms with van der Waals surface area (Å²) < 4.78 is 19.5. The normalized spacial score (nSPS) is 12.4. The van der Waals surface area contributed by atoms with Gasteiger partial charge in [-0.3, -0.25) is 14.5 Å². The van der Waals surface area contributed by atoms with E-state index in [2.05, 4.69) is 25.7 Å². The lowest BCUT2D eigenvalue weighted by molar-refractivity contribution is -0.128. The summed E-state index contributed by atoms with van der Waals surface area (Å²) in [5.74, 6) is -0.0361. The number of halogens is 1. The molecule has 0 saturated heterocycles. The zero-order chi connectivity index (χ0) is 27.7. The minimum absolute atomic E-state index is 0.225. The molecule has 0 bridgehead atoms. The van der Waals surface area contributed by atoms with Crippen LogP contribution in [0.3, 0.4) is 0 Å². The molecule has 0 fully saturated rings. The Labute approximate surface area is 223 Å². The van der Waals surface area contributed by atoms with Gasteiger partial charge in [-0.15, -0.1) is 10.2 Å². The second-order valence-corrected chi connectivity index (χ2v) is 10.2. The molecule has 5 aromatic rings. The molecule has 10 nitrogen and oxygen atoms in total. The van der Waals surface area contributed by atoms with Crippen LogP contribution in [-0.4, -0.2) is 42.5 Å². The molecule has 3 aromatic heterocycles. The molecule has 2 aromatic carbocycles. The number of furan rings is 1. The van der Waals surface area contributed by atoms with Gasteiger partial charge in [-0.2, -0.15) is 4.80 Å². The Morgan fingerprint density at radius 1 is 1.10 bits per heavy atom. The summed E-state index contributed by atoms with van der Waals surface area (Å²) in [5, 5.41) is 16.1. The number of carbonyl (C=O) groups excluding carboxylic acids is 2. The first-order valence-electron chi connectivity index (χ1n) is 12.4. The third-order valence-corrected chi connectivity index (χ3v) is 5.98. The summed E-state index contributed by atoms with van der Waals surface area (Å²) in [7, 11) is 0. The number of hydrogen-bond donors (Lipinski definition) is 2. The Hall–Kier alpha value is -4.80. The number of para-hydroxylation sites is 1. The van der Waals surface area contributed by atoms with Gasteiger partial charge in [0.05, 0.1) is 0 Å². The quantitative estimate of drug-likeness (QED) is 0.319. The number of carbonyl (C=O) groups is 2. The fraction of sp³-hybridized carbons (Fsp3) is 0.250. The minimum Gasteiger partial charge on any atom is -0.458 e. The number of aromatic nitrogens is 5. The highest BCUT2D eigenvalue weighted by molar-refractivity contribution is 6.03. The van der Waals surface area contributed by atoms with Gasteiger partial charge in [-0.1, -0.05) is 18.2 Å². The largest absolute Gasteiger partial charge is 0.458 e. The number of aromatic amines is 1. The van der Waals surface area contributed by atoms with Crippen molar-refractivity contribution in [3.63, 3.8) is 0 Å². The lowest BCUT2D eigenvalue weighted by Gasteiger charge is -2.33. The first-order valence-corrected chi connectivity index (χ1v) is 12.4. The summed E-state index contributed by atoms with van der Waals surface area (Å²) in [4.78, 5) is 33.5. The number of H-pyrrole nitrogens is 1. The van der Waals surface area contributed by atoms with Gasteiger partial charge in [0.25, 0.3) is 5.91 Å². The number of aryl methyl sites for hydroxylation is 1. The fourth-order valence-electron chi connectivity index (χ4n) is 4.36. The van der Waals surface area contributed by atoms with Crippen molar-refractivity contribution in [1.29, 1.82) is 0 Å². The molecule has 0 aliphatic rings. The Kier molecular flexibility index (Phi) is 6.73. The van der Waals surface area contributed by atoms with Crippen molar-refractivity contribution >= 4 is 28.4 Å². The van der Waals surface area contributed by atoms with Gasteiger partial charge in [-0.25, -0.2) is 4.39 Å². The van der Waals surface area contributed by atoms with Crippen molar-refractivity contribution in [3.05, 3.63) is 84.0 Å². The zero-order valence-electron chi connectivity index (χ0n) is 22.0. The van der Waals surface area contributed by atoms with Gasteiger partial charge in [0, 0.05) is 33.9 Å². The van der Waals surface area contributed by atoms with Crippen molar-refractivity contribution < 1.29 is 18.4 Å². The number of tetrazole rings is 1. The third-order valence-electron chi connectivity index (χ3n) is 5.98. The second-order valence-electron chi connectivity index (χ2n) is 10.2. The maximum absolute atomic E-state index is 14.0. The van der Waals surface area contributed by atoms with E-state index in [1.165, 1.54) is 29.2 Å². The summed E-state index contributed by atoms with van der Waals surface area (Å²) in [6.45, 7) is 7.05. The second kappa shape index (κ2) is 10.2. The highest BCUT2D eigenvalue weighted by Crippen LogP contribution is 2.33. The highest BCUT2D eigenvalue weighted by atomic mass is 19.1. The van der Waals surface area contributed by atoms with Gasteiger partial charge >= 0.3 is 0 Å². The fourth-order valence-corrected chi connectivity index (χ4v) is 4.36. The van der Waals surface area contributed by atoms with Gasteiger partial charge in [0.1, 0.15) is 24.2 Å². The van der Waals surface area contributed by atoms with Crippen LogP contribution < -0.4 is 10.2 Å². The van der Waals surface area contributed by atoms with Crippen molar-refractivity contribution in [2.24, 2.45) is 0 Å². The van der Waals surface area contributed by atoms with Crippen LogP contribution in [0.5, 0.6) is 0 Å². The van der Waals surface area contributed by atoms with E-state index in [0.29, 0.717) is 22.8 Å². The van der Waals surface area contributed by atoms with Crippen molar-refractivity contribution in [2.45, 2.75) is 45.8 Å². The van der Waals surface area contributed by atoms with E-state index < -0.39 is 29.2 Å². The molecule has 0 aliphatic heterocycles. The van der Waals surface area contributed by atoms with E-state index in [9.17, 15) is 14.0 Å². The molecule has 0 radical (unpaired) electrons. The van der Waals surface area contributed by atoms with E-state index in [4.69, 9.17) is 4.42 Å². The number of nitrogens with zero attached hydrogens (tertiary/aromatic N) is 5. The summed E-state index contributed by atoms with van der Waals surface area (Å²) in [6.07, 6.45) is 1.71. The molecule has 39 heavy (non-hydrogen) atoms. The monoisotopic (exact) mass is 529 g/mol. The predicted molar refractivity (Wildman–Crippen MR) is 143 cm³/mol. The molecule has 0 aliphatic carbocycles. The first kappa shape index (κ1) is 25.8. The van der Waals surface area contributed by atoms with Gasteiger partial charge in [0.15, 0.2) is 5.76 Å². The molecule has 0 unspecified atom stereocenters. The molecule has 2 amide bonds. The SMILES string of the molecule is Cc1ccc(-c2nnn(CC(=O)N(c3ccc(F)cc3)[C@H](C(=O)NC(C)(C)C)c3c[nH]c4ccccc34)n2)o1. The maximum Gasteiger partial charge on any atom is 0.251 e. The lowest BCUT2D eigenvalue weighted by Crippen LogP contribution is -2.50. The third kappa shape index (κ3) is 5.57. The molecule has 0 spiro atoms. The average Bonchev–Trinajstić information content (AvgIpc) is 3.62. The van der Waals surface area contributed by atoms with Gasteiger partial charge in [-0.05, 0) is 75.4 Å². The maximum atomic E-state index is 14.0. The molecule has 200 valence electrons. The van der Waals surface area contributed by atoms with Crippen molar-refractivity contribution in [2.75, 3.05) is 4.90 Å². The average molecular weight is 530 g/mol. The molecular formula is C28H28FN7O3. The lowest BCUT2D eigenvalue weighted by atomic mass is 10.00. The summed E-state index contributed by atoms with van der Waals surface area (Å²) in [5.41, 5.74) is 1.15. The molecular weight excluding hydrogens is 501 g/mol. The van der Waals surface area contributed by atoms with Crippen molar-refractivity contribution in [1.82, 2.24) is 30.5 Å². The van der Waals surface area contributed by atoms with Crippen LogP contribution in [0.25, 0.3) is 22.5 Å². The molecule has 1 atom stereocenters. The summed E-state index contributed by atoms with van der Waals surface area (Å²) >= 11 is 0. The molecule has 5 rings (SSSR count). The van der Waals surface area contributed by atoms with Crippen LogP contribution in [0.4, 0.5) is 10.1 Å².